The van der Waals surface area contributed by atoms with Crippen LogP contribution in [0.3, 0.4) is 0 Å². The standard InChI is InChI=1S/C16H21NO5/c1-9-3-2-4-10(7-9)16(21)22-12-8-17-6-5-11(18)13(17)15(20)14(12)19/h2-4,7,11-15,18-20H,5-6,8H2,1H3/t11-,12-,13?,14+,15+/m0/s1. The van der Waals surface area contributed by atoms with Gasteiger partial charge in [0.15, 0.2) is 0 Å². The van der Waals surface area contributed by atoms with Crippen molar-refractivity contribution in [3.05, 3.63) is 35.4 Å². The van der Waals surface area contributed by atoms with Crippen LogP contribution in [-0.2, 0) is 4.74 Å². The summed E-state index contributed by atoms with van der Waals surface area (Å²) in [5.74, 6) is -0.516. The van der Waals surface area contributed by atoms with E-state index in [0.29, 0.717) is 25.1 Å². The Kier molecular flexibility index (Phi) is 4.18. The number of carbonyl (C=O) groups excluding carboxylic acids is 1. The molecule has 120 valence electrons. The predicted octanol–water partition coefficient (Wildman–Crippen LogP) is -0.309. The highest BCUT2D eigenvalue weighted by Crippen LogP contribution is 2.29. The third kappa shape index (κ3) is 2.75. The van der Waals surface area contributed by atoms with Gasteiger partial charge in [-0.2, -0.15) is 0 Å². The minimum atomic E-state index is -1.19. The van der Waals surface area contributed by atoms with Crippen LogP contribution >= 0.6 is 0 Å². The molecule has 2 saturated heterocycles. The van der Waals surface area contributed by atoms with Gasteiger partial charge < -0.3 is 20.1 Å². The average Bonchev–Trinajstić information content (AvgIpc) is 2.85. The van der Waals surface area contributed by atoms with Gasteiger partial charge in [0.05, 0.1) is 17.7 Å². The number of carbonyl (C=O) groups is 1. The number of benzene rings is 1. The van der Waals surface area contributed by atoms with E-state index in [0.717, 1.165) is 5.56 Å². The Morgan fingerprint density at radius 2 is 2.05 bits per heavy atom. The van der Waals surface area contributed by atoms with E-state index >= 15 is 0 Å². The summed E-state index contributed by atoms with van der Waals surface area (Å²) in [7, 11) is 0. The fourth-order valence-corrected chi connectivity index (χ4v) is 3.36. The number of nitrogens with zero attached hydrogens (tertiary/aromatic N) is 1. The highest BCUT2D eigenvalue weighted by molar-refractivity contribution is 5.89. The molecule has 0 radical (unpaired) electrons. The van der Waals surface area contributed by atoms with E-state index in [4.69, 9.17) is 4.74 Å². The zero-order valence-corrected chi connectivity index (χ0v) is 12.4. The molecule has 3 N–H and O–H groups in total. The van der Waals surface area contributed by atoms with E-state index < -0.39 is 36.4 Å². The summed E-state index contributed by atoms with van der Waals surface area (Å²) in [6.07, 6.45) is -3.22. The van der Waals surface area contributed by atoms with E-state index in [2.05, 4.69) is 0 Å². The lowest BCUT2D eigenvalue weighted by molar-refractivity contribution is -0.143. The van der Waals surface area contributed by atoms with E-state index in [-0.39, 0.29) is 0 Å². The lowest BCUT2D eigenvalue weighted by atomic mass is 9.93. The van der Waals surface area contributed by atoms with Gasteiger partial charge in [-0.15, -0.1) is 0 Å². The Morgan fingerprint density at radius 1 is 1.27 bits per heavy atom. The normalized spacial score (nSPS) is 35.2. The van der Waals surface area contributed by atoms with Crippen molar-refractivity contribution < 1.29 is 24.9 Å². The van der Waals surface area contributed by atoms with Crippen LogP contribution in [0.1, 0.15) is 22.3 Å². The zero-order chi connectivity index (χ0) is 15.9. The number of aliphatic hydroxyl groups excluding tert-OH is 3. The Hall–Kier alpha value is -1.47. The minimum Gasteiger partial charge on any atom is -0.455 e. The SMILES string of the molecule is Cc1cccc(C(=O)O[C@H]2CN3CC[C@H](O)C3[C@@H](O)[C@@H]2O)c1. The van der Waals surface area contributed by atoms with Crippen molar-refractivity contribution in [3.8, 4) is 0 Å². The highest BCUT2D eigenvalue weighted by atomic mass is 16.6. The molecule has 0 saturated carbocycles. The molecular weight excluding hydrogens is 286 g/mol. The molecule has 0 spiro atoms. The lowest BCUT2D eigenvalue weighted by Crippen LogP contribution is -2.62. The molecule has 5 atom stereocenters. The Bertz CT molecular complexity index is 563. The minimum absolute atomic E-state index is 0.317. The van der Waals surface area contributed by atoms with Crippen molar-refractivity contribution in [1.29, 1.82) is 0 Å². The number of esters is 1. The topological polar surface area (TPSA) is 90.2 Å². The van der Waals surface area contributed by atoms with Gasteiger partial charge in [0.25, 0.3) is 0 Å². The molecule has 0 amide bonds. The van der Waals surface area contributed by atoms with Gasteiger partial charge in [-0.3, -0.25) is 4.90 Å². The number of hydrogen-bond acceptors (Lipinski definition) is 6. The van der Waals surface area contributed by atoms with Gasteiger partial charge in [0.2, 0.25) is 0 Å². The molecule has 0 aromatic heterocycles. The first kappa shape index (κ1) is 15.4. The van der Waals surface area contributed by atoms with Gasteiger partial charge >= 0.3 is 5.97 Å². The highest BCUT2D eigenvalue weighted by Gasteiger charge is 2.49. The van der Waals surface area contributed by atoms with Crippen molar-refractivity contribution in [2.24, 2.45) is 0 Å². The number of piperidine rings is 1. The van der Waals surface area contributed by atoms with E-state index in [9.17, 15) is 20.1 Å². The molecule has 0 aliphatic carbocycles. The van der Waals surface area contributed by atoms with Gasteiger partial charge in [-0.1, -0.05) is 17.7 Å². The second-order valence-corrected chi connectivity index (χ2v) is 6.14. The third-order valence-corrected chi connectivity index (χ3v) is 4.54. The van der Waals surface area contributed by atoms with Crippen LogP contribution in [-0.4, -0.2) is 69.7 Å². The first-order valence-corrected chi connectivity index (χ1v) is 7.53. The van der Waals surface area contributed by atoms with Gasteiger partial charge in [-0.05, 0) is 25.5 Å². The first-order chi connectivity index (χ1) is 10.5. The van der Waals surface area contributed by atoms with E-state index in [1.807, 2.05) is 17.9 Å². The summed E-state index contributed by atoms with van der Waals surface area (Å²) in [5, 5.41) is 30.2. The molecule has 3 rings (SSSR count). The summed E-state index contributed by atoms with van der Waals surface area (Å²) in [4.78, 5) is 14.1. The summed E-state index contributed by atoms with van der Waals surface area (Å²) in [6, 6.07) is 6.54. The molecule has 2 aliphatic heterocycles. The Balaban J connectivity index is 1.71. The molecule has 0 bridgehead atoms. The number of aliphatic hydroxyl groups is 3. The van der Waals surface area contributed by atoms with Gasteiger partial charge in [0.1, 0.15) is 18.3 Å². The second-order valence-electron chi connectivity index (χ2n) is 6.14. The molecule has 6 nitrogen and oxygen atoms in total. The van der Waals surface area contributed by atoms with E-state index in [1.54, 1.807) is 18.2 Å². The number of aryl methyl sites for hydroxylation is 1. The number of ether oxygens (including phenoxy) is 1. The molecule has 2 heterocycles. The van der Waals surface area contributed by atoms with Crippen molar-refractivity contribution in [2.75, 3.05) is 13.1 Å². The van der Waals surface area contributed by atoms with Crippen LogP contribution in [0.15, 0.2) is 24.3 Å². The maximum atomic E-state index is 12.2. The molecule has 1 aromatic rings. The molecular formula is C16H21NO5. The summed E-state index contributed by atoms with van der Waals surface area (Å²) in [5.41, 5.74) is 1.37. The Morgan fingerprint density at radius 3 is 2.77 bits per heavy atom. The molecule has 1 unspecified atom stereocenters. The monoisotopic (exact) mass is 307 g/mol. The van der Waals surface area contributed by atoms with Crippen LogP contribution < -0.4 is 0 Å². The molecule has 2 fully saturated rings. The molecule has 6 heteroatoms. The predicted molar refractivity (Wildman–Crippen MR) is 78.4 cm³/mol. The fraction of sp³-hybridized carbons (Fsp3) is 0.562. The lowest BCUT2D eigenvalue weighted by Gasteiger charge is -2.42. The van der Waals surface area contributed by atoms with Crippen molar-refractivity contribution in [3.63, 3.8) is 0 Å². The smallest absolute Gasteiger partial charge is 0.338 e. The molecule has 22 heavy (non-hydrogen) atoms. The van der Waals surface area contributed by atoms with Gasteiger partial charge in [-0.25, -0.2) is 4.79 Å². The second kappa shape index (κ2) is 5.96. The number of hydrogen-bond donors (Lipinski definition) is 3. The van der Waals surface area contributed by atoms with Crippen LogP contribution in [0.2, 0.25) is 0 Å². The fourth-order valence-electron chi connectivity index (χ4n) is 3.36. The van der Waals surface area contributed by atoms with Crippen LogP contribution in [0.25, 0.3) is 0 Å². The maximum Gasteiger partial charge on any atom is 0.338 e. The van der Waals surface area contributed by atoms with Crippen LogP contribution in [0.5, 0.6) is 0 Å². The largest absolute Gasteiger partial charge is 0.455 e. The van der Waals surface area contributed by atoms with E-state index in [1.165, 1.54) is 0 Å². The molecule has 2 aliphatic rings. The van der Waals surface area contributed by atoms with Crippen molar-refractivity contribution >= 4 is 5.97 Å². The first-order valence-electron chi connectivity index (χ1n) is 7.53. The molecule has 1 aromatic carbocycles. The van der Waals surface area contributed by atoms with Crippen LogP contribution in [0.4, 0.5) is 0 Å². The maximum absolute atomic E-state index is 12.2. The average molecular weight is 307 g/mol. The zero-order valence-electron chi connectivity index (χ0n) is 12.4. The summed E-state index contributed by atoms with van der Waals surface area (Å²) >= 11 is 0. The summed E-state index contributed by atoms with van der Waals surface area (Å²) < 4.78 is 5.39. The quantitative estimate of drug-likeness (QED) is 0.650. The Labute approximate surface area is 128 Å². The van der Waals surface area contributed by atoms with Gasteiger partial charge in [0, 0.05) is 13.1 Å². The third-order valence-electron chi connectivity index (χ3n) is 4.54. The number of fused-ring (bicyclic) bond motifs is 1. The summed E-state index contributed by atoms with van der Waals surface area (Å²) in [6.45, 7) is 2.82. The van der Waals surface area contributed by atoms with Crippen molar-refractivity contribution in [2.45, 2.75) is 43.8 Å². The van der Waals surface area contributed by atoms with Crippen LogP contribution in [0, 0.1) is 6.92 Å². The number of rotatable bonds is 2. The van der Waals surface area contributed by atoms with Crippen molar-refractivity contribution in [1.82, 2.24) is 4.90 Å².